The summed E-state index contributed by atoms with van der Waals surface area (Å²) in [6.45, 7) is 7.33. The Labute approximate surface area is 169 Å². The molecule has 3 amide bonds. The number of carbonyl (C=O) groups is 3. The van der Waals surface area contributed by atoms with Gasteiger partial charge in [0.05, 0.1) is 5.56 Å². The van der Waals surface area contributed by atoms with E-state index in [2.05, 4.69) is 17.6 Å². The summed E-state index contributed by atoms with van der Waals surface area (Å²) < 4.78 is 0. The number of thiophene rings is 1. The molecule has 2 rings (SSSR count). The molecular formula is C21H27N3O3S. The molecule has 0 spiro atoms. The molecule has 7 heteroatoms. The van der Waals surface area contributed by atoms with Gasteiger partial charge in [0.2, 0.25) is 11.8 Å². The quantitative estimate of drug-likeness (QED) is 0.630. The molecule has 2 atom stereocenters. The van der Waals surface area contributed by atoms with Gasteiger partial charge in [-0.25, -0.2) is 0 Å². The normalized spacial score (nSPS) is 13.0. The molecule has 0 aliphatic rings. The predicted molar refractivity (Wildman–Crippen MR) is 112 cm³/mol. The number of carbonyl (C=O) groups excluding carboxylic acids is 3. The highest BCUT2D eigenvalue weighted by Gasteiger charge is 2.25. The number of imide groups is 1. The minimum absolute atomic E-state index is 0.0782. The summed E-state index contributed by atoms with van der Waals surface area (Å²) in [6, 6.07) is 11.1. The summed E-state index contributed by atoms with van der Waals surface area (Å²) >= 11 is 1.41. The molecule has 1 aromatic carbocycles. The standard InChI is InChI=1S/C21H27N3O3S/c1-12(2)10-17(20(27)23-14(4)25)24-21-16(19(22)26)11-18(28-21)13(3)15-8-6-5-7-9-15/h5-9,11-13,17,24H,10H2,1-4H3,(H2,22,26)(H,23,25,27). The zero-order valence-corrected chi connectivity index (χ0v) is 17.4. The zero-order valence-electron chi connectivity index (χ0n) is 16.6. The highest BCUT2D eigenvalue weighted by Crippen LogP contribution is 2.36. The fraction of sp³-hybridized carbons (Fsp3) is 0.381. The second kappa shape index (κ2) is 9.50. The Balaban J connectivity index is 2.34. The van der Waals surface area contributed by atoms with Crippen molar-refractivity contribution >= 4 is 34.1 Å². The van der Waals surface area contributed by atoms with Crippen LogP contribution >= 0.6 is 11.3 Å². The Kier molecular flexibility index (Phi) is 7.34. The molecule has 1 aromatic heterocycles. The van der Waals surface area contributed by atoms with E-state index in [1.165, 1.54) is 18.3 Å². The molecule has 0 radical (unpaired) electrons. The lowest BCUT2D eigenvalue weighted by atomic mass is 9.99. The number of primary amides is 1. The van der Waals surface area contributed by atoms with Gasteiger partial charge in [-0.15, -0.1) is 11.3 Å². The highest BCUT2D eigenvalue weighted by molar-refractivity contribution is 7.16. The van der Waals surface area contributed by atoms with Crippen LogP contribution in [0.2, 0.25) is 0 Å². The molecule has 0 aliphatic carbocycles. The van der Waals surface area contributed by atoms with Crippen molar-refractivity contribution in [2.75, 3.05) is 5.32 Å². The summed E-state index contributed by atoms with van der Waals surface area (Å²) in [5.74, 6) is -1.09. The largest absolute Gasteiger partial charge is 0.366 e. The average molecular weight is 402 g/mol. The molecule has 2 unspecified atom stereocenters. The third-order valence-electron chi connectivity index (χ3n) is 4.37. The first kappa shape index (κ1) is 21.6. The number of benzene rings is 1. The minimum atomic E-state index is -0.638. The number of amides is 3. The molecule has 0 saturated carbocycles. The van der Waals surface area contributed by atoms with Crippen molar-refractivity contribution in [1.82, 2.24) is 5.32 Å². The predicted octanol–water partition coefficient (Wildman–Crippen LogP) is 3.49. The molecule has 0 fully saturated rings. The number of rotatable bonds is 8. The maximum Gasteiger partial charge on any atom is 0.251 e. The summed E-state index contributed by atoms with van der Waals surface area (Å²) in [4.78, 5) is 36.7. The van der Waals surface area contributed by atoms with Gasteiger partial charge in [-0.2, -0.15) is 0 Å². The van der Waals surface area contributed by atoms with Crippen molar-refractivity contribution in [2.24, 2.45) is 11.7 Å². The van der Waals surface area contributed by atoms with Crippen LogP contribution < -0.4 is 16.4 Å². The fourth-order valence-corrected chi connectivity index (χ4v) is 4.14. The third-order valence-corrected chi connectivity index (χ3v) is 5.62. The van der Waals surface area contributed by atoms with E-state index in [9.17, 15) is 14.4 Å². The van der Waals surface area contributed by atoms with E-state index in [1.807, 2.05) is 44.2 Å². The molecule has 4 N–H and O–H groups in total. The van der Waals surface area contributed by atoms with E-state index in [1.54, 1.807) is 6.07 Å². The molecule has 150 valence electrons. The fourth-order valence-electron chi connectivity index (χ4n) is 2.94. The van der Waals surface area contributed by atoms with Gasteiger partial charge in [-0.05, 0) is 24.0 Å². The van der Waals surface area contributed by atoms with Crippen LogP contribution in [0.15, 0.2) is 36.4 Å². The van der Waals surface area contributed by atoms with Crippen molar-refractivity contribution < 1.29 is 14.4 Å². The van der Waals surface area contributed by atoms with E-state index >= 15 is 0 Å². The maximum absolute atomic E-state index is 12.4. The van der Waals surface area contributed by atoms with Crippen molar-refractivity contribution in [3.05, 3.63) is 52.4 Å². The van der Waals surface area contributed by atoms with E-state index < -0.39 is 23.8 Å². The first-order valence-electron chi connectivity index (χ1n) is 9.25. The number of nitrogens with one attached hydrogen (secondary N) is 2. The topological polar surface area (TPSA) is 101 Å². The van der Waals surface area contributed by atoms with E-state index in [-0.39, 0.29) is 11.8 Å². The van der Waals surface area contributed by atoms with Crippen molar-refractivity contribution in [1.29, 1.82) is 0 Å². The summed E-state index contributed by atoms with van der Waals surface area (Å²) in [6.07, 6.45) is 0.513. The number of nitrogens with two attached hydrogens (primary N) is 1. The van der Waals surface area contributed by atoms with Crippen LogP contribution in [0.1, 0.15) is 60.8 Å². The second-order valence-corrected chi connectivity index (χ2v) is 8.34. The van der Waals surface area contributed by atoms with Gasteiger partial charge in [0.15, 0.2) is 0 Å². The van der Waals surface area contributed by atoms with Gasteiger partial charge in [-0.3, -0.25) is 19.7 Å². The van der Waals surface area contributed by atoms with Gasteiger partial charge >= 0.3 is 0 Å². The lowest BCUT2D eigenvalue weighted by Gasteiger charge is -2.20. The van der Waals surface area contributed by atoms with Crippen LogP contribution in [0, 0.1) is 5.92 Å². The molecule has 0 aliphatic heterocycles. The molecule has 0 bridgehead atoms. The van der Waals surface area contributed by atoms with Gasteiger partial charge < -0.3 is 11.1 Å². The van der Waals surface area contributed by atoms with Crippen LogP contribution in [0.4, 0.5) is 5.00 Å². The lowest BCUT2D eigenvalue weighted by Crippen LogP contribution is -2.42. The lowest BCUT2D eigenvalue weighted by molar-refractivity contribution is -0.129. The molecule has 0 saturated heterocycles. The van der Waals surface area contributed by atoms with Gasteiger partial charge in [0.25, 0.3) is 5.91 Å². The Hall–Kier alpha value is -2.67. The van der Waals surface area contributed by atoms with Gasteiger partial charge in [-0.1, -0.05) is 51.1 Å². The van der Waals surface area contributed by atoms with E-state index in [0.717, 1.165) is 10.4 Å². The van der Waals surface area contributed by atoms with Crippen molar-refractivity contribution in [3.8, 4) is 0 Å². The third kappa shape index (κ3) is 5.66. The van der Waals surface area contributed by atoms with Crippen LogP contribution in [0.25, 0.3) is 0 Å². The average Bonchev–Trinajstić information content (AvgIpc) is 3.04. The molecule has 28 heavy (non-hydrogen) atoms. The summed E-state index contributed by atoms with van der Waals surface area (Å²) in [5.41, 5.74) is 7.05. The number of hydrogen-bond acceptors (Lipinski definition) is 5. The Morgan fingerprint density at radius 2 is 1.75 bits per heavy atom. The van der Waals surface area contributed by atoms with Crippen molar-refractivity contribution in [2.45, 2.75) is 46.1 Å². The Bertz CT molecular complexity index is 846. The first-order chi connectivity index (χ1) is 13.2. The van der Waals surface area contributed by atoms with Gasteiger partial charge in [0.1, 0.15) is 11.0 Å². The van der Waals surface area contributed by atoms with E-state index in [4.69, 9.17) is 5.73 Å². The van der Waals surface area contributed by atoms with Crippen molar-refractivity contribution in [3.63, 3.8) is 0 Å². The highest BCUT2D eigenvalue weighted by atomic mass is 32.1. The van der Waals surface area contributed by atoms with Crippen LogP contribution in [0.5, 0.6) is 0 Å². The summed E-state index contributed by atoms with van der Waals surface area (Å²) in [7, 11) is 0. The maximum atomic E-state index is 12.4. The Morgan fingerprint density at radius 1 is 1.11 bits per heavy atom. The van der Waals surface area contributed by atoms with Crippen LogP contribution in [-0.4, -0.2) is 23.8 Å². The second-order valence-electron chi connectivity index (χ2n) is 7.26. The minimum Gasteiger partial charge on any atom is -0.366 e. The monoisotopic (exact) mass is 401 g/mol. The van der Waals surface area contributed by atoms with Gasteiger partial charge in [0, 0.05) is 17.7 Å². The molecule has 1 heterocycles. The summed E-state index contributed by atoms with van der Waals surface area (Å²) in [5, 5.41) is 6.02. The number of anilines is 1. The van der Waals surface area contributed by atoms with Crippen LogP contribution in [-0.2, 0) is 9.59 Å². The van der Waals surface area contributed by atoms with Crippen LogP contribution in [0.3, 0.4) is 0 Å². The molecule has 2 aromatic rings. The smallest absolute Gasteiger partial charge is 0.251 e. The Morgan fingerprint density at radius 3 is 2.29 bits per heavy atom. The SMILES string of the molecule is CC(=O)NC(=O)C(CC(C)C)Nc1sc(C(C)c2ccccc2)cc1C(N)=O. The molecular weight excluding hydrogens is 374 g/mol. The number of hydrogen-bond donors (Lipinski definition) is 3. The zero-order chi connectivity index (χ0) is 20.8. The molecule has 6 nitrogen and oxygen atoms in total. The van der Waals surface area contributed by atoms with E-state index in [0.29, 0.717) is 17.0 Å². The first-order valence-corrected chi connectivity index (χ1v) is 10.1.